The van der Waals surface area contributed by atoms with Gasteiger partial charge < -0.3 is 0 Å². The lowest BCUT2D eigenvalue weighted by Crippen LogP contribution is -1.83. The summed E-state index contributed by atoms with van der Waals surface area (Å²) in [4.78, 5) is 0. The first-order chi connectivity index (χ1) is 6.81. The minimum Gasteiger partial charge on any atom is -0.115 e. The first-order valence-electron chi connectivity index (χ1n) is 5.06. The van der Waals surface area contributed by atoms with Crippen molar-refractivity contribution in [2.45, 2.75) is 26.7 Å². The van der Waals surface area contributed by atoms with Crippen LogP contribution in [0, 0.1) is 12.3 Å². The Balaban J connectivity index is 3.08. The van der Waals surface area contributed by atoms with Crippen LogP contribution in [0.2, 0.25) is 0 Å². The first-order valence-corrected chi connectivity index (χ1v) is 5.06. The van der Waals surface area contributed by atoms with Crippen molar-refractivity contribution in [3.63, 3.8) is 0 Å². The van der Waals surface area contributed by atoms with Gasteiger partial charge in [-0.25, -0.2) is 0 Å². The molecule has 0 nitrogen and oxygen atoms in total. The van der Waals surface area contributed by atoms with Gasteiger partial charge in [0.2, 0.25) is 0 Å². The van der Waals surface area contributed by atoms with Crippen LogP contribution in [0.4, 0.5) is 0 Å². The van der Waals surface area contributed by atoms with E-state index in [4.69, 9.17) is 6.42 Å². The highest BCUT2D eigenvalue weighted by molar-refractivity contribution is 5.60. The summed E-state index contributed by atoms with van der Waals surface area (Å²) in [6.45, 7) is 4.35. The molecule has 0 aliphatic heterocycles. The van der Waals surface area contributed by atoms with Gasteiger partial charge in [0, 0.05) is 5.56 Å². The number of terminal acetylenes is 1. The van der Waals surface area contributed by atoms with Gasteiger partial charge in [-0.2, -0.15) is 0 Å². The predicted octanol–water partition coefficient (Wildman–Crippen LogP) is 3.87. The van der Waals surface area contributed by atoms with E-state index in [9.17, 15) is 0 Å². The third kappa shape index (κ3) is 2.50. The zero-order chi connectivity index (χ0) is 10.4. The molecular formula is C14H16. The zero-order valence-corrected chi connectivity index (χ0v) is 8.88. The van der Waals surface area contributed by atoms with Crippen LogP contribution in [0.5, 0.6) is 0 Å². The molecule has 72 valence electrons. The molecule has 0 radical (unpaired) electrons. The Hall–Kier alpha value is -1.48. The molecule has 0 fully saturated rings. The number of hydrogen-bond acceptors (Lipinski definition) is 0. The number of benzene rings is 1. The predicted molar refractivity (Wildman–Crippen MR) is 62.9 cm³/mol. The molecule has 0 aliphatic rings. The molecule has 0 aliphatic carbocycles. The van der Waals surface area contributed by atoms with Crippen molar-refractivity contribution in [1.29, 1.82) is 0 Å². The lowest BCUT2D eigenvalue weighted by atomic mass is 10.0. The van der Waals surface area contributed by atoms with E-state index in [2.05, 4.69) is 31.9 Å². The molecule has 0 saturated heterocycles. The van der Waals surface area contributed by atoms with Crippen molar-refractivity contribution in [2.24, 2.45) is 0 Å². The van der Waals surface area contributed by atoms with E-state index in [-0.39, 0.29) is 0 Å². The summed E-state index contributed by atoms with van der Waals surface area (Å²) in [7, 11) is 0. The summed E-state index contributed by atoms with van der Waals surface area (Å²) in [5.41, 5.74) is 3.58. The summed E-state index contributed by atoms with van der Waals surface area (Å²) in [5.74, 6) is 2.70. The van der Waals surface area contributed by atoms with Crippen LogP contribution in [0.15, 0.2) is 29.8 Å². The van der Waals surface area contributed by atoms with Crippen molar-refractivity contribution in [2.75, 3.05) is 0 Å². The fourth-order valence-corrected chi connectivity index (χ4v) is 1.43. The Morgan fingerprint density at radius 1 is 1.29 bits per heavy atom. The normalized spacial score (nSPS) is 9.21. The third-order valence-electron chi connectivity index (χ3n) is 2.38. The first kappa shape index (κ1) is 10.6. The van der Waals surface area contributed by atoms with Gasteiger partial charge in [-0.15, -0.1) is 6.42 Å². The fraction of sp³-hybridized carbons (Fsp3) is 0.286. The average Bonchev–Trinajstić information content (AvgIpc) is 2.26. The third-order valence-corrected chi connectivity index (χ3v) is 2.38. The van der Waals surface area contributed by atoms with Crippen LogP contribution in [-0.2, 0) is 0 Å². The molecule has 0 unspecified atom stereocenters. The Bertz CT molecular complexity index is 358. The lowest BCUT2D eigenvalue weighted by molar-refractivity contribution is 0.990. The summed E-state index contributed by atoms with van der Waals surface area (Å²) >= 11 is 0. The van der Waals surface area contributed by atoms with Crippen LogP contribution in [-0.4, -0.2) is 0 Å². The van der Waals surface area contributed by atoms with Crippen molar-refractivity contribution >= 4 is 6.08 Å². The maximum absolute atomic E-state index is 5.43. The Labute approximate surface area is 86.7 Å². The summed E-state index contributed by atoms with van der Waals surface area (Å²) in [6.07, 6.45) is 9.82. The standard InChI is InChI=1S/C14H16/c1-4-12(5-2)11-14-10-8-7-9-13(14)6-3/h3,7-11H,4-5H2,1-2H3. The van der Waals surface area contributed by atoms with Crippen LogP contribution >= 0.6 is 0 Å². The van der Waals surface area contributed by atoms with Gasteiger partial charge in [0.05, 0.1) is 0 Å². The van der Waals surface area contributed by atoms with Crippen LogP contribution in [0.1, 0.15) is 37.8 Å². The lowest BCUT2D eigenvalue weighted by Gasteiger charge is -2.02. The fourth-order valence-electron chi connectivity index (χ4n) is 1.43. The molecule has 1 aromatic rings. The van der Waals surface area contributed by atoms with Crippen molar-refractivity contribution in [1.82, 2.24) is 0 Å². The minimum atomic E-state index is 0.979. The number of rotatable bonds is 3. The molecule has 0 heteroatoms. The highest BCUT2D eigenvalue weighted by atomic mass is 14.0. The molecule has 1 rings (SSSR count). The molecule has 0 amide bonds. The van der Waals surface area contributed by atoms with Gasteiger partial charge in [0.1, 0.15) is 0 Å². The quantitative estimate of drug-likeness (QED) is 0.625. The maximum atomic E-state index is 5.43. The van der Waals surface area contributed by atoms with Crippen LogP contribution in [0.25, 0.3) is 6.08 Å². The van der Waals surface area contributed by atoms with Gasteiger partial charge in [-0.1, -0.05) is 49.6 Å². The van der Waals surface area contributed by atoms with E-state index in [1.165, 1.54) is 5.57 Å². The highest BCUT2D eigenvalue weighted by Gasteiger charge is 1.96. The van der Waals surface area contributed by atoms with Gasteiger partial charge in [0.25, 0.3) is 0 Å². The molecule has 0 saturated carbocycles. The Morgan fingerprint density at radius 2 is 1.93 bits per heavy atom. The summed E-state index contributed by atoms with van der Waals surface area (Å²) in [5, 5.41) is 0. The molecule has 0 bridgehead atoms. The average molecular weight is 184 g/mol. The zero-order valence-electron chi connectivity index (χ0n) is 8.88. The van der Waals surface area contributed by atoms with Crippen molar-refractivity contribution in [3.8, 4) is 12.3 Å². The molecule has 0 spiro atoms. The minimum absolute atomic E-state index is 0.979. The van der Waals surface area contributed by atoms with E-state index in [0.29, 0.717) is 0 Å². The smallest absolute Gasteiger partial charge is 0.0315 e. The van der Waals surface area contributed by atoms with E-state index < -0.39 is 0 Å². The summed E-state index contributed by atoms with van der Waals surface area (Å²) in [6, 6.07) is 8.05. The molecule has 14 heavy (non-hydrogen) atoms. The van der Waals surface area contributed by atoms with Gasteiger partial charge in [-0.05, 0) is 24.5 Å². The molecule has 0 heterocycles. The van der Waals surface area contributed by atoms with Gasteiger partial charge in [-0.3, -0.25) is 0 Å². The second kappa shape index (κ2) is 5.29. The Kier molecular flexibility index (Phi) is 4.01. The van der Waals surface area contributed by atoms with Crippen LogP contribution in [0.3, 0.4) is 0 Å². The van der Waals surface area contributed by atoms with Crippen LogP contribution < -0.4 is 0 Å². The van der Waals surface area contributed by atoms with Crippen molar-refractivity contribution < 1.29 is 0 Å². The Morgan fingerprint density at radius 3 is 2.50 bits per heavy atom. The molecule has 1 aromatic carbocycles. The SMILES string of the molecule is C#Cc1ccccc1C=C(CC)CC. The second-order valence-corrected chi connectivity index (χ2v) is 3.24. The van der Waals surface area contributed by atoms with E-state index in [1.54, 1.807) is 0 Å². The van der Waals surface area contributed by atoms with E-state index in [0.717, 1.165) is 24.0 Å². The van der Waals surface area contributed by atoms with E-state index >= 15 is 0 Å². The monoisotopic (exact) mass is 184 g/mol. The van der Waals surface area contributed by atoms with Crippen molar-refractivity contribution in [3.05, 3.63) is 41.0 Å². The largest absolute Gasteiger partial charge is 0.115 e. The maximum Gasteiger partial charge on any atom is 0.0315 e. The highest BCUT2D eigenvalue weighted by Crippen LogP contribution is 2.15. The molecule has 0 N–H and O–H groups in total. The van der Waals surface area contributed by atoms with E-state index in [1.807, 2.05) is 18.2 Å². The molecular weight excluding hydrogens is 168 g/mol. The van der Waals surface area contributed by atoms with Gasteiger partial charge >= 0.3 is 0 Å². The number of hydrogen-bond donors (Lipinski definition) is 0. The summed E-state index contributed by atoms with van der Waals surface area (Å²) < 4.78 is 0. The molecule has 0 atom stereocenters. The molecule has 0 aromatic heterocycles. The van der Waals surface area contributed by atoms with Gasteiger partial charge in [0.15, 0.2) is 0 Å². The topological polar surface area (TPSA) is 0 Å². The second-order valence-electron chi connectivity index (χ2n) is 3.24. The number of allylic oxidation sites excluding steroid dienone is 1.